The lowest BCUT2D eigenvalue weighted by Gasteiger charge is -2.30. The second-order valence-electron chi connectivity index (χ2n) is 4.92. The molecule has 3 N–H and O–H groups in total. The molecule has 0 aromatic carbocycles. The third-order valence-corrected chi connectivity index (χ3v) is 4.80. The molecule has 0 aliphatic carbocycles. The fraction of sp³-hybridized carbons (Fsp3) is 0.833. The Hall–Kier alpha value is -0.790. The highest BCUT2D eigenvalue weighted by Gasteiger charge is 2.42. The summed E-state index contributed by atoms with van der Waals surface area (Å²) in [5.74, 6) is -0.513. The number of nitrogens with two attached hydrogens (primary N) is 1. The van der Waals surface area contributed by atoms with Gasteiger partial charge in [0.25, 0.3) is 0 Å². The maximum absolute atomic E-state index is 12.3. The second kappa shape index (κ2) is 7.12. The molecule has 110 valence electrons. The van der Waals surface area contributed by atoms with Gasteiger partial charge in [0.15, 0.2) is 0 Å². The van der Waals surface area contributed by atoms with Crippen LogP contribution in [0.1, 0.15) is 20.3 Å². The number of aliphatic carboxylic acids is 1. The number of carboxylic acids is 1. The normalized spacial score (nSPS) is 24.8. The van der Waals surface area contributed by atoms with Gasteiger partial charge in [0.1, 0.15) is 6.04 Å². The van der Waals surface area contributed by atoms with E-state index in [1.54, 1.807) is 0 Å². The van der Waals surface area contributed by atoms with Crippen molar-refractivity contribution in [2.75, 3.05) is 19.4 Å². The zero-order chi connectivity index (χ0) is 14.6. The fourth-order valence-corrected chi connectivity index (χ4v) is 3.60. The van der Waals surface area contributed by atoms with E-state index in [1.165, 1.54) is 23.8 Å². The zero-order valence-corrected chi connectivity index (χ0v) is 12.4. The Bertz CT molecular complexity index is 334. The Balaban J connectivity index is 2.83. The maximum atomic E-state index is 12.3. The van der Waals surface area contributed by atoms with Crippen LogP contribution in [0, 0.1) is 5.92 Å². The summed E-state index contributed by atoms with van der Waals surface area (Å²) in [6, 6.07) is -0.750. The van der Waals surface area contributed by atoms with Crippen molar-refractivity contribution in [3.63, 3.8) is 0 Å². The summed E-state index contributed by atoms with van der Waals surface area (Å²) in [5, 5.41) is 9.12. The van der Waals surface area contributed by atoms with Crippen molar-refractivity contribution in [3.8, 4) is 0 Å². The van der Waals surface area contributed by atoms with E-state index in [1.807, 2.05) is 13.8 Å². The Kier molecular flexibility index (Phi) is 6.09. The average Bonchev–Trinajstić information content (AvgIpc) is 2.80. The van der Waals surface area contributed by atoms with E-state index in [9.17, 15) is 14.7 Å². The Morgan fingerprint density at radius 2 is 2.16 bits per heavy atom. The van der Waals surface area contributed by atoms with Gasteiger partial charge in [0, 0.05) is 19.4 Å². The topological polar surface area (TPSA) is 92.9 Å². The molecule has 1 aliphatic heterocycles. The zero-order valence-electron chi connectivity index (χ0n) is 11.5. The minimum atomic E-state index is -0.953. The van der Waals surface area contributed by atoms with Gasteiger partial charge >= 0.3 is 5.97 Å². The van der Waals surface area contributed by atoms with Crippen molar-refractivity contribution in [1.29, 1.82) is 0 Å². The molecule has 1 rings (SSSR count). The van der Waals surface area contributed by atoms with E-state index in [2.05, 4.69) is 0 Å². The predicted octanol–water partition coefficient (Wildman–Crippen LogP) is 0.361. The minimum Gasteiger partial charge on any atom is -0.480 e. The Morgan fingerprint density at radius 1 is 1.53 bits per heavy atom. The first kappa shape index (κ1) is 16.3. The van der Waals surface area contributed by atoms with Gasteiger partial charge in [-0.1, -0.05) is 13.8 Å². The summed E-state index contributed by atoms with van der Waals surface area (Å²) in [5.41, 5.74) is 5.50. The Labute approximate surface area is 117 Å². The van der Waals surface area contributed by atoms with Crippen molar-refractivity contribution >= 4 is 23.6 Å². The van der Waals surface area contributed by atoms with Gasteiger partial charge in [0.05, 0.1) is 17.9 Å². The lowest BCUT2D eigenvalue weighted by atomic mass is 10.1. The van der Waals surface area contributed by atoms with Crippen LogP contribution in [0.3, 0.4) is 0 Å². The Morgan fingerprint density at radius 3 is 2.58 bits per heavy atom. The highest BCUT2D eigenvalue weighted by atomic mass is 32.2. The summed E-state index contributed by atoms with van der Waals surface area (Å²) < 4.78 is 5.09. The fourth-order valence-electron chi connectivity index (χ4n) is 2.11. The maximum Gasteiger partial charge on any atom is 0.327 e. The number of carbonyl (C=O) groups is 2. The highest BCUT2D eigenvalue weighted by molar-refractivity contribution is 8.00. The molecule has 0 aromatic rings. The highest BCUT2D eigenvalue weighted by Crippen LogP contribution is 2.34. The van der Waals surface area contributed by atoms with Crippen LogP contribution in [0.2, 0.25) is 0 Å². The first-order valence-corrected chi connectivity index (χ1v) is 7.35. The van der Waals surface area contributed by atoms with Crippen molar-refractivity contribution in [2.24, 2.45) is 11.7 Å². The molecule has 19 heavy (non-hydrogen) atoms. The van der Waals surface area contributed by atoms with Crippen LogP contribution in [0.4, 0.5) is 0 Å². The third kappa shape index (κ3) is 3.84. The number of methoxy groups -OCH3 is 1. The number of ether oxygens (including phenoxy) is 1. The molecule has 3 atom stereocenters. The third-order valence-electron chi connectivity index (χ3n) is 3.18. The molecule has 1 aliphatic rings. The summed E-state index contributed by atoms with van der Waals surface area (Å²) >= 11 is 1.52. The number of carbonyl (C=O) groups excluding carboxylic acids is 1. The molecule has 1 heterocycles. The molecule has 0 bridgehead atoms. The first-order chi connectivity index (χ1) is 8.92. The van der Waals surface area contributed by atoms with Crippen LogP contribution >= 0.6 is 11.8 Å². The summed E-state index contributed by atoms with van der Waals surface area (Å²) in [6.45, 7) is 4.21. The second-order valence-corrected chi connectivity index (χ2v) is 6.07. The van der Waals surface area contributed by atoms with E-state index in [-0.39, 0.29) is 36.3 Å². The van der Waals surface area contributed by atoms with Crippen molar-refractivity contribution in [2.45, 2.75) is 37.8 Å². The smallest absolute Gasteiger partial charge is 0.327 e. The summed E-state index contributed by atoms with van der Waals surface area (Å²) in [4.78, 5) is 25.0. The molecule has 0 radical (unpaired) electrons. The molecule has 1 saturated heterocycles. The van der Waals surface area contributed by atoms with Gasteiger partial charge in [-0.05, 0) is 5.92 Å². The first-order valence-electron chi connectivity index (χ1n) is 6.30. The van der Waals surface area contributed by atoms with E-state index in [0.29, 0.717) is 5.75 Å². The van der Waals surface area contributed by atoms with E-state index in [0.717, 1.165) is 0 Å². The molecule has 0 aromatic heterocycles. The van der Waals surface area contributed by atoms with Gasteiger partial charge in [-0.3, -0.25) is 4.79 Å². The summed E-state index contributed by atoms with van der Waals surface area (Å²) in [6.07, 6.45) is -0.235. The number of thioether (sulfide) groups is 1. The lowest BCUT2D eigenvalue weighted by molar-refractivity contribution is -0.150. The molecule has 1 fully saturated rings. The van der Waals surface area contributed by atoms with Gasteiger partial charge < -0.3 is 20.5 Å². The van der Waals surface area contributed by atoms with Crippen molar-refractivity contribution in [3.05, 3.63) is 0 Å². The largest absolute Gasteiger partial charge is 0.480 e. The molecule has 1 amide bonds. The molecular formula is C12H22N2O4S. The SMILES string of the molecule is COC(CN)CC(=O)N1C(C(=O)O)CSC1C(C)C. The van der Waals surface area contributed by atoms with Gasteiger partial charge in [-0.2, -0.15) is 0 Å². The van der Waals surface area contributed by atoms with E-state index >= 15 is 0 Å². The number of rotatable bonds is 6. The molecule has 0 saturated carbocycles. The van der Waals surface area contributed by atoms with Crippen LogP contribution in [0.15, 0.2) is 0 Å². The van der Waals surface area contributed by atoms with Crippen molar-refractivity contribution < 1.29 is 19.4 Å². The molecular weight excluding hydrogens is 268 g/mol. The number of hydrogen-bond donors (Lipinski definition) is 2. The van der Waals surface area contributed by atoms with E-state index < -0.39 is 12.0 Å². The van der Waals surface area contributed by atoms with E-state index in [4.69, 9.17) is 10.5 Å². The number of hydrogen-bond acceptors (Lipinski definition) is 5. The number of nitrogens with zero attached hydrogens (tertiary/aromatic N) is 1. The van der Waals surface area contributed by atoms with Crippen LogP contribution in [-0.2, 0) is 14.3 Å². The summed E-state index contributed by atoms with van der Waals surface area (Å²) in [7, 11) is 1.50. The van der Waals surface area contributed by atoms with Crippen LogP contribution in [0.5, 0.6) is 0 Å². The van der Waals surface area contributed by atoms with Crippen LogP contribution in [-0.4, -0.2) is 58.8 Å². The average molecular weight is 290 g/mol. The lowest BCUT2D eigenvalue weighted by Crippen LogP contribution is -2.48. The van der Waals surface area contributed by atoms with Crippen LogP contribution < -0.4 is 5.73 Å². The molecule has 0 spiro atoms. The predicted molar refractivity (Wildman–Crippen MR) is 73.8 cm³/mol. The van der Waals surface area contributed by atoms with Gasteiger partial charge in [-0.15, -0.1) is 11.8 Å². The van der Waals surface area contributed by atoms with Gasteiger partial charge in [0.2, 0.25) is 5.91 Å². The quantitative estimate of drug-likeness (QED) is 0.734. The monoisotopic (exact) mass is 290 g/mol. The van der Waals surface area contributed by atoms with Crippen molar-refractivity contribution in [1.82, 2.24) is 4.90 Å². The standard InChI is InChI=1S/C12H22N2O4S/c1-7(2)11-14(9(6-19-11)12(16)17)10(15)4-8(5-13)18-3/h7-9,11H,4-6,13H2,1-3H3,(H,16,17). The number of carboxylic acid groups (broad SMARTS) is 1. The molecule has 7 heteroatoms. The minimum absolute atomic E-state index is 0.0936. The van der Waals surface area contributed by atoms with Crippen LogP contribution in [0.25, 0.3) is 0 Å². The van der Waals surface area contributed by atoms with Gasteiger partial charge in [-0.25, -0.2) is 4.79 Å². The number of amides is 1. The molecule has 3 unspecified atom stereocenters. The molecule has 6 nitrogen and oxygen atoms in total.